The van der Waals surface area contributed by atoms with Crippen molar-refractivity contribution in [2.45, 2.75) is 25.8 Å². The monoisotopic (exact) mass is 497 g/mol. The number of anilines is 1. The van der Waals surface area contributed by atoms with E-state index in [1.807, 2.05) is 54.6 Å². The van der Waals surface area contributed by atoms with Crippen LogP contribution in [0.4, 0.5) is 5.69 Å². The van der Waals surface area contributed by atoms with Crippen LogP contribution in [0.1, 0.15) is 30.9 Å². The number of piperidine rings is 1. The van der Waals surface area contributed by atoms with Crippen molar-refractivity contribution in [3.63, 3.8) is 0 Å². The van der Waals surface area contributed by atoms with Crippen molar-refractivity contribution in [3.05, 3.63) is 99.4 Å². The molecule has 0 unspecified atom stereocenters. The highest BCUT2D eigenvalue weighted by molar-refractivity contribution is 6.30. The molecule has 0 radical (unpaired) electrons. The van der Waals surface area contributed by atoms with Gasteiger partial charge in [0.15, 0.2) is 11.7 Å². The van der Waals surface area contributed by atoms with Gasteiger partial charge in [0.05, 0.1) is 16.3 Å². The zero-order valence-corrected chi connectivity index (χ0v) is 20.9. The van der Waals surface area contributed by atoms with E-state index in [2.05, 4.69) is 34.3 Å². The molecule has 4 aromatic rings. The molecule has 3 heterocycles. The van der Waals surface area contributed by atoms with Crippen LogP contribution < -0.4 is 16.0 Å². The average Bonchev–Trinajstić information content (AvgIpc) is 3.45. The Kier molecular flexibility index (Phi) is 5.99. The Bertz CT molecular complexity index is 1580. The molecule has 0 saturated carbocycles. The van der Waals surface area contributed by atoms with Gasteiger partial charge in [0, 0.05) is 46.3 Å². The molecule has 2 aliphatic rings. The van der Waals surface area contributed by atoms with Crippen molar-refractivity contribution >= 4 is 33.8 Å². The van der Waals surface area contributed by atoms with Crippen molar-refractivity contribution in [1.29, 1.82) is 0 Å². The highest BCUT2D eigenvalue weighted by Gasteiger charge is 2.23. The molecule has 2 aliphatic heterocycles. The van der Waals surface area contributed by atoms with Crippen LogP contribution in [-0.4, -0.2) is 40.7 Å². The molecule has 1 aromatic heterocycles. The number of likely N-dealkylation sites (tertiary alicyclic amines) is 1. The minimum atomic E-state index is 0.101. The third-order valence-corrected chi connectivity index (χ3v) is 7.35. The summed E-state index contributed by atoms with van der Waals surface area (Å²) in [6, 6.07) is 22.1. The first kappa shape index (κ1) is 22.8. The van der Waals surface area contributed by atoms with Crippen molar-refractivity contribution in [2.24, 2.45) is 9.98 Å². The first-order chi connectivity index (χ1) is 17.6. The van der Waals surface area contributed by atoms with Crippen molar-refractivity contribution in [3.8, 4) is 5.88 Å². The lowest BCUT2D eigenvalue weighted by Gasteiger charge is -2.32. The Morgan fingerprint density at radius 2 is 1.81 bits per heavy atom. The molecule has 0 atom stereocenters. The Hall–Kier alpha value is -3.61. The third-order valence-electron chi connectivity index (χ3n) is 7.11. The Morgan fingerprint density at radius 1 is 1.03 bits per heavy atom. The number of fused-ring (bicyclic) bond motifs is 2. The van der Waals surface area contributed by atoms with Crippen LogP contribution in [0, 0.1) is 0 Å². The number of nitrogens with one attached hydrogen (secondary N) is 2. The summed E-state index contributed by atoms with van der Waals surface area (Å²) in [6.45, 7) is 5.55. The Labute approximate surface area is 214 Å². The number of rotatable bonds is 5. The van der Waals surface area contributed by atoms with Gasteiger partial charge in [0.1, 0.15) is 0 Å². The van der Waals surface area contributed by atoms with Crippen LogP contribution in [0.3, 0.4) is 0 Å². The number of aromatic nitrogens is 1. The van der Waals surface area contributed by atoms with Crippen LogP contribution in [0.15, 0.2) is 82.5 Å². The number of H-pyrrole nitrogens is 1. The summed E-state index contributed by atoms with van der Waals surface area (Å²) in [7, 11) is 0. The minimum absolute atomic E-state index is 0.101. The Morgan fingerprint density at radius 3 is 2.58 bits per heavy atom. The number of halogens is 1. The van der Waals surface area contributed by atoms with Gasteiger partial charge in [-0.15, -0.1) is 0 Å². The maximum atomic E-state index is 11.1. The standard InChI is InChI=1S/C29H28ClN5O/c1-2-35-14-12-20(13-15-35)31-21-9-11-23-22(17-21)27(29(36)34-23)26(18-6-4-3-5-7-18)28-32-24-10-8-19(30)16-25(24)33-28/h3-11,16-17,20,31,34,36H,2,12-15H2,1H3/b28-26+. The molecular weight excluding hydrogens is 470 g/mol. The van der Waals surface area contributed by atoms with Crippen LogP contribution in [-0.2, 0) is 0 Å². The van der Waals surface area contributed by atoms with Gasteiger partial charge in [-0.2, -0.15) is 0 Å². The zero-order chi connectivity index (χ0) is 24.6. The lowest BCUT2D eigenvalue weighted by Crippen LogP contribution is -2.38. The fraction of sp³-hybridized carbons (Fsp3) is 0.241. The number of benzene rings is 3. The van der Waals surface area contributed by atoms with E-state index >= 15 is 0 Å². The summed E-state index contributed by atoms with van der Waals surface area (Å²) in [4.78, 5) is 15.3. The summed E-state index contributed by atoms with van der Waals surface area (Å²) in [5.41, 5.74) is 4.31. The normalized spacial score (nSPS) is 17.5. The van der Waals surface area contributed by atoms with Crippen LogP contribution in [0.25, 0.3) is 16.5 Å². The number of nitrogens with zero attached hydrogens (tertiary/aromatic N) is 3. The maximum Gasteiger partial charge on any atom is 0.197 e. The predicted octanol–water partition coefficient (Wildman–Crippen LogP) is 5.09. The van der Waals surface area contributed by atoms with E-state index in [1.54, 1.807) is 0 Å². The van der Waals surface area contributed by atoms with Gasteiger partial charge in [-0.05, 0) is 61.3 Å². The van der Waals surface area contributed by atoms with Gasteiger partial charge in [-0.1, -0.05) is 48.9 Å². The van der Waals surface area contributed by atoms with Gasteiger partial charge in [0.2, 0.25) is 0 Å². The summed E-state index contributed by atoms with van der Waals surface area (Å²) >= 11 is 6.21. The third kappa shape index (κ3) is 4.27. The fourth-order valence-corrected chi connectivity index (χ4v) is 5.35. The van der Waals surface area contributed by atoms with Crippen molar-refractivity contribution < 1.29 is 5.11 Å². The maximum absolute atomic E-state index is 11.1. The molecule has 7 heteroatoms. The lowest BCUT2D eigenvalue weighted by molar-refractivity contribution is 0.229. The van der Waals surface area contributed by atoms with Gasteiger partial charge in [-0.25, -0.2) is 9.98 Å². The van der Waals surface area contributed by atoms with E-state index in [9.17, 15) is 5.11 Å². The van der Waals surface area contributed by atoms with E-state index in [4.69, 9.17) is 21.6 Å². The summed E-state index contributed by atoms with van der Waals surface area (Å²) < 4.78 is 0. The molecule has 0 aliphatic carbocycles. The van der Waals surface area contributed by atoms with Gasteiger partial charge in [-0.3, -0.25) is 0 Å². The van der Waals surface area contributed by atoms with Crippen molar-refractivity contribution in [1.82, 2.24) is 9.88 Å². The first-order valence-electron chi connectivity index (χ1n) is 12.5. The van der Waals surface area contributed by atoms with Crippen LogP contribution in [0.2, 0.25) is 5.02 Å². The number of aromatic hydroxyl groups is 1. The molecule has 36 heavy (non-hydrogen) atoms. The lowest BCUT2D eigenvalue weighted by atomic mass is 9.96. The topological polar surface area (TPSA) is 76.0 Å². The smallest absolute Gasteiger partial charge is 0.197 e. The zero-order valence-electron chi connectivity index (χ0n) is 20.1. The highest BCUT2D eigenvalue weighted by Crippen LogP contribution is 2.40. The predicted molar refractivity (Wildman–Crippen MR) is 145 cm³/mol. The second-order valence-corrected chi connectivity index (χ2v) is 9.82. The molecule has 3 N–H and O–H groups in total. The van der Waals surface area contributed by atoms with Gasteiger partial charge >= 0.3 is 0 Å². The van der Waals surface area contributed by atoms with Crippen LogP contribution >= 0.6 is 11.6 Å². The largest absolute Gasteiger partial charge is 0.494 e. The van der Waals surface area contributed by atoms with E-state index in [0.29, 0.717) is 22.4 Å². The second-order valence-electron chi connectivity index (χ2n) is 9.38. The molecule has 1 saturated heterocycles. The average molecular weight is 498 g/mol. The number of aromatic amines is 1. The minimum Gasteiger partial charge on any atom is -0.494 e. The van der Waals surface area contributed by atoms with Gasteiger partial charge in [0.25, 0.3) is 0 Å². The van der Waals surface area contributed by atoms with E-state index < -0.39 is 0 Å². The summed E-state index contributed by atoms with van der Waals surface area (Å²) in [6.07, 6.45) is 2.24. The molecule has 182 valence electrons. The molecule has 3 aromatic carbocycles. The summed E-state index contributed by atoms with van der Waals surface area (Å²) in [5, 5.41) is 17.9. The molecule has 1 fully saturated rings. The number of hydrogen-bond donors (Lipinski definition) is 3. The molecular formula is C29H28ClN5O. The highest BCUT2D eigenvalue weighted by atomic mass is 35.5. The molecule has 0 amide bonds. The number of hydrogen-bond acceptors (Lipinski definition) is 5. The fourth-order valence-electron chi connectivity index (χ4n) is 5.19. The SMILES string of the molecule is CCN1CCC(Nc2ccc3[nH]c(O)c(/C(=C4\N=c5ccc(Cl)cc5=N4)c4ccccc4)c3c2)CC1. The Balaban J connectivity index is 1.47. The molecule has 6 nitrogen and oxygen atoms in total. The molecule has 6 rings (SSSR count). The molecule has 0 spiro atoms. The van der Waals surface area contributed by atoms with Crippen LogP contribution in [0.5, 0.6) is 5.88 Å². The summed E-state index contributed by atoms with van der Waals surface area (Å²) in [5.74, 6) is 0.657. The van der Waals surface area contributed by atoms with Crippen molar-refractivity contribution in [2.75, 3.05) is 25.0 Å². The van der Waals surface area contributed by atoms with E-state index in [0.717, 1.165) is 70.9 Å². The first-order valence-corrected chi connectivity index (χ1v) is 12.8. The quantitative estimate of drug-likeness (QED) is 0.359. The molecule has 0 bridgehead atoms. The van der Waals surface area contributed by atoms with E-state index in [-0.39, 0.29) is 5.88 Å². The second kappa shape index (κ2) is 9.45. The van der Waals surface area contributed by atoms with Gasteiger partial charge < -0.3 is 20.3 Å². The van der Waals surface area contributed by atoms with E-state index in [1.165, 1.54) is 0 Å².